The Morgan fingerprint density at radius 3 is 2.59 bits per heavy atom. The summed E-state index contributed by atoms with van der Waals surface area (Å²) in [6.07, 6.45) is 9.73. The molecule has 1 atom stereocenters. The standard InChI is InChI=1S/C13H23NO2S/c1-16-12(15)11(10-5-6-10)14-9-13(17-2)7-3-4-8-13/h10-11,14H,3-9H2,1-2H3. The van der Waals surface area contributed by atoms with Gasteiger partial charge < -0.3 is 10.1 Å². The van der Waals surface area contributed by atoms with Crippen LogP contribution in [0.3, 0.4) is 0 Å². The Morgan fingerprint density at radius 1 is 1.47 bits per heavy atom. The fourth-order valence-electron chi connectivity index (χ4n) is 2.77. The molecule has 0 aromatic carbocycles. The van der Waals surface area contributed by atoms with Crippen LogP contribution >= 0.6 is 11.8 Å². The number of nitrogens with one attached hydrogen (secondary N) is 1. The van der Waals surface area contributed by atoms with E-state index in [4.69, 9.17) is 4.74 Å². The van der Waals surface area contributed by atoms with Crippen LogP contribution in [0, 0.1) is 5.92 Å². The smallest absolute Gasteiger partial charge is 0.323 e. The number of carbonyl (C=O) groups excluding carboxylic acids is 1. The molecule has 0 bridgehead atoms. The van der Waals surface area contributed by atoms with E-state index in [-0.39, 0.29) is 12.0 Å². The lowest BCUT2D eigenvalue weighted by molar-refractivity contribution is -0.143. The van der Waals surface area contributed by atoms with Gasteiger partial charge in [0.15, 0.2) is 0 Å². The number of hydrogen-bond acceptors (Lipinski definition) is 4. The summed E-state index contributed by atoms with van der Waals surface area (Å²) >= 11 is 1.96. The molecule has 98 valence electrons. The summed E-state index contributed by atoms with van der Waals surface area (Å²) < 4.78 is 5.25. The maximum Gasteiger partial charge on any atom is 0.323 e. The van der Waals surface area contributed by atoms with Crippen LogP contribution in [0.1, 0.15) is 38.5 Å². The summed E-state index contributed by atoms with van der Waals surface area (Å²) in [7, 11) is 1.49. The molecule has 0 heterocycles. The number of hydrogen-bond donors (Lipinski definition) is 1. The molecule has 3 nitrogen and oxygen atoms in total. The van der Waals surface area contributed by atoms with Crippen molar-refractivity contribution in [2.75, 3.05) is 19.9 Å². The van der Waals surface area contributed by atoms with Gasteiger partial charge in [0.05, 0.1) is 7.11 Å². The van der Waals surface area contributed by atoms with Crippen LogP contribution in [0.15, 0.2) is 0 Å². The van der Waals surface area contributed by atoms with Crippen LogP contribution in [0.4, 0.5) is 0 Å². The summed E-state index contributed by atoms with van der Waals surface area (Å²) in [5, 5.41) is 3.47. The van der Waals surface area contributed by atoms with Gasteiger partial charge in [-0.3, -0.25) is 4.79 Å². The lowest BCUT2D eigenvalue weighted by atomic mass is 10.1. The molecule has 0 amide bonds. The third-order valence-corrected chi connectivity index (χ3v) is 5.56. The molecular formula is C13H23NO2S. The van der Waals surface area contributed by atoms with Gasteiger partial charge in [-0.2, -0.15) is 11.8 Å². The number of thioether (sulfide) groups is 1. The van der Waals surface area contributed by atoms with Crippen molar-refractivity contribution < 1.29 is 9.53 Å². The molecule has 2 aliphatic carbocycles. The Kier molecular flexibility index (Phi) is 4.36. The molecule has 0 aromatic rings. The van der Waals surface area contributed by atoms with Crippen molar-refractivity contribution in [3.63, 3.8) is 0 Å². The molecule has 0 saturated heterocycles. The molecule has 0 aromatic heterocycles. The van der Waals surface area contributed by atoms with Gasteiger partial charge >= 0.3 is 5.97 Å². The van der Waals surface area contributed by atoms with Gasteiger partial charge in [-0.1, -0.05) is 12.8 Å². The van der Waals surface area contributed by atoms with E-state index in [0.717, 1.165) is 6.54 Å². The quantitative estimate of drug-likeness (QED) is 0.740. The molecule has 2 saturated carbocycles. The number of ether oxygens (including phenoxy) is 1. The van der Waals surface area contributed by atoms with Crippen LogP contribution in [-0.4, -0.2) is 36.7 Å². The normalized spacial score (nSPS) is 24.6. The van der Waals surface area contributed by atoms with Crippen LogP contribution < -0.4 is 5.32 Å². The van der Waals surface area contributed by atoms with E-state index in [0.29, 0.717) is 10.7 Å². The third kappa shape index (κ3) is 3.16. The van der Waals surface area contributed by atoms with Gasteiger partial charge in [-0.05, 0) is 37.9 Å². The SMILES string of the molecule is COC(=O)C(NCC1(SC)CCCC1)C1CC1. The van der Waals surface area contributed by atoms with E-state index in [1.807, 2.05) is 11.8 Å². The molecule has 2 rings (SSSR count). The Labute approximate surface area is 108 Å². The lowest BCUT2D eigenvalue weighted by Crippen LogP contribution is -2.46. The molecule has 4 heteroatoms. The average Bonchev–Trinajstić information content (AvgIpc) is 3.08. The second kappa shape index (κ2) is 5.61. The highest BCUT2D eigenvalue weighted by atomic mass is 32.2. The molecule has 2 aliphatic rings. The van der Waals surface area contributed by atoms with Crippen LogP contribution in [-0.2, 0) is 9.53 Å². The molecule has 0 aliphatic heterocycles. The van der Waals surface area contributed by atoms with Gasteiger partial charge in [0.25, 0.3) is 0 Å². The predicted molar refractivity (Wildman–Crippen MR) is 71.2 cm³/mol. The number of methoxy groups -OCH3 is 1. The minimum atomic E-state index is -0.0817. The van der Waals surface area contributed by atoms with Gasteiger partial charge in [-0.15, -0.1) is 0 Å². The first-order chi connectivity index (χ1) is 8.21. The van der Waals surface area contributed by atoms with Gasteiger partial charge in [0.2, 0.25) is 0 Å². The lowest BCUT2D eigenvalue weighted by Gasteiger charge is -2.29. The van der Waals surface area contributed by atoms with Crippen LogP contribution in [0.25, 0.3) is 0 Å². The highest BCUT2D eigenvalue weighted by Gasteiger charge is 2.39. The van der Waals surface area contributed by atoms with E-state index < -0.39 is 0 Å². The highest BCUT2D eigenvalue weighted by Crippen LogP contribution is 2.40. The molecule has 1 unspecified atom stereocenters. The third-order valence-electron chi connectivity index (χ3n) is 4.14. The first-order valence-electron chi connectivity index (χ1n) is 6.57. The van der Waals surface area contributed by atoms with Gasteiger partial charge in [0, 0.05) is 11.3 Å². The van der Waals surface area contributed by atoms with Crippen LogP contribution in [0.2, 0.25) is 0 Å². The number of esters is 1. The fourth-order valence-corrected chi connectivity index (χ4v) is 3.69. The van der Waals surface area contributed by atoms with Crippen molar-refractivity contribution in [2.24, 2.45) is 5.92 Å². The summed E-state index contributed by atoms with van der Waals surface area (Å²) in [4.78, 5) is 11.7. The van der Waals surface area contributed by atoms with E-state index in [9.17, 15) is 4.79 Å². The highest BCUT2D eigenvalue weighted by molar-refractivity contribution is 8.00. The second-order valence-corrected chi connectivity index (χ2v) is 6.59. The maximum absolute atomic E-state index is 11.7. The van der Waals surface area contributed by atoms with Crippen LogP contribution in [0.5, 0.6) is 0 Å². The first kappa shape index (κ1) is 13.2. The minimum Gasteiger partial charge on any atom is -0.468 e. The molecular weight excluding hydrogens is 234 g/mol. The summed E-state index contributed by atoms with van der Waals surface area (Å²) in [6.45, 7) is 0.949. The van der Waals surface area contributed by atoms with Crippen molar-refractivity contribution in [1.29, 1.82) is 0 Å². The minimum absolute atomic E-state index is 0.0652. The number of carbonyl (C=O) groups is 1. The average molecular weight is 257 g/mol. The zero-order chi connectivity index (χ0) is 12.3. The van der Waals surface area contributed by atoms with Gasteiger partial charge in [-0.25, -0.2) is 0 Å². The Morgan fingerprint density at radius 2 is 2.12 bits per heavy atom. The summed E-state index contributed by atoms with van der Waals surface area (Å²) in [5.74, 6) is 0.435. The molecule has 2 fully saturated rings. The van der Waals surface area contributed by atoms with Crippen molar-refractivity contribution in [3.8, 4) is 0 Å². The molecule has 0 radical (unpaired) electrons. The zero-order valence-electron chi connectivity index (χ0n) is 10.8. The van der Waals surface area contributed by atoms with Crippen molar-refractivity contribution in [3.05, 3.63) is 0 Å². The fraction of sp³-hybridized carbons (Fsp3) is 0.923. The van der Waals surface area contributed by atoms with Crippen molar-refractivity contribution in [2.45, 2.75) is 49.3 Å². The number of rotatable bonds is 6. The molecule has 17 heavy (non-hydrogen) atoms. The predicted octanol–water partition coefficient (Wildman–Crippen LogP) is 2.20. The Bertz CT molecular complexity index is 273. The van der Waals surface area contributed by atoms with E-state index in [2.05, 4.69) is 11.6 Å². The topological polar surface area (TPSA) is 38.3 Å². The molecule has 1 N–H and O–H groups in total. The Balaban J connectivity index is 1.87. The first-order valence-corrected chi connectivity index (χ1v) is 7.80. The molecule has 0 spiro atoms. The summed E-state index contributed by atoms with van der Waals surface area (Å²) in [5.41, 5.74) is 0. The van der Waals surface area contributed by atoms with E-state index in [1.165, 1.54) is 45.6 Å². The van der Waals surface area contributed by atoms with Crippen molar-refractivity contribution >= 4 is 17.7 Å². The second-order valence-electron chi connectivity index (χ2n) is 5.31. The van der Waals surface area contributed by atoms with Gasteiger partial charge in [0.1, 0.15) is 6.04 Å². The largest absolute Gasteiger partial charge is 0.468 e. The maximum atomic E-state index is 11.7. The monoisotopic (exact) mass is 257 g/mol. The zero-order valence-corrected chi connectivity index (χ0v) is 11.6. The van der Waals surface area contributed by atoms with Crippen molar-refractivity contribution in [1.82, 2.24) is 5.32 Å². The Hall–Kier alpha value is -0.220. The summed E-state index contributed by atoms with van der Waals surface area (Å²) in [6, 6.07) is -0.0652. The van der Waals surface area contributed by atoms with E-state index in [1.54, 1.807) is 0 Å². The van der Waals surface area contributed by atoms with E-state index >= 15 is 0 Å².